The average Bonchev–Trinajstić information content (AvgIpc) is 2.31. The van der Waals surface area contributed by atoms with E-state index in [-0.39, 0.29) is 11.5 Å². The summed E-state index contributed by atoms with van der Waals surface area (Å²) in [7, 11) is 0. The molecule has 1 aromatic rings. The van der Waals surface area contributed by atoms with E-state index in [4.69, 9.17) is 5.73 Å². The van der Waals surface area contributed by atoms with Crippen molar-refractivity contribution in [1.82, 2.24) is 0 Å². The van der Waals surface area contributed by atoms with Crippen molar-refractivity contribution >= 4 is 0 Å². The predicted molar refractivity (Wildman–Crippen MR) is 66.4 cm³/mol. The Hall–Kier alpha value is -0.860. The number of aliphatic hydroxyl groups is 1. The topological polar surface area (TPSA) is 46.2 Å². The number of nitrogens with two attached hydrogens (primary N) is 1. The van der Waals surface area contributed by atoms with Crippen molar-refractivity contribution in [2.45, 2.75) is 44.1 Å². The minimum Gasteiger partial charge on any atom is -0.393 e. The molecule has 0 heterocycles. The van der Waals surface area contributed by atoms with E-state index in [0.717, 1.165) is 25.7 Å². The fourth-order valence-corrected chi connectivity index (χ4v) is 2.74. The fourth-order valence-electron chi connectivity index (χ4n) is 2.74. The van der Waals surface area contributed by atoms with Crippen LogP contribution in [0.15, 0.2) is 24.3 Å². The van der Waals surface area contributed by atoms with Crippen LogP contribution in [-0.2, 0) is 5.41 Å². The summed E-state index contributed by atoms with van der Waals surface area (Å²) < 4.78 is 0. The van der Waals surface area contributed by atoms with Crippen molar-refractivity contribution in [3.8, 4) is 0 Å². The molecule has 88 valence electrons. The van der Waals surface area contributed by atoms with E-state index in [0.29, 0.717) is 6.54 Å². The Morgan fingerprint density at radius 3 is 2.62 bits per heavy atom. The van der Waals surface area contributed by atoms with Crippen LogP contribution >= 0.6 is 0 Å². The fraction of sp³-hybridized carbons (Fsp3) is 0.571. The van der Waals surface area contributed by atoms with Crippen molar-refractivity contribution < 1.29 is 5.11 Å². The lowest BCUT2D eigenvalue weighted by Gasteiger charge is -2.38. The number of aryl methyl sites for hydroxylation is 1. The van der Waals surface area contributed by atoms with Gasteiger partial charge in [0.1, 0.15) is 0 Å². The van der Waals surface area contributed by atoms with Crippen LogP contribution in [0.2, 0.25) is 0 Å². The second-order valence-corrected chi connectivity index (χ2v) is 5.09. The highest BCUT2D eigenvalue weighted by molar-refractivity contribution is 5.30. The average molecular weight is 219 g/mol. The number of hydrogen-bond donors (Lipinski definition) is 2. The van der Waals surface area contributed by atoms with Crippen molar-refractivity contribution in [2.24, 2.45) is 5.73 Å². The monoisotopic (exact) mass is 219 g/mol. The predicted octanol–water partition coefficient (Wildman–Crippen LogP) is 2.13. The lowest BCUT2D eigenvalue weighted by Crippen LogP contribution is -2.40. The lowest BCUT2D eigenvalue weighted by atomic mass is 9.68. The Bertz CT molecular complexity index is 354. The molecule has 0 spiro atoms. The first kappa shape index (κ1) is 11.6. The van der Waals surface area contributed by atoms with Gasteiger partial charge in [-0.2, -0.15) is 0 Å². The van der Waals surface area contributed by atoms with Gasteiger partial charge in [-0.1, -0.05) is 29.8 Å². The van der Waals surface area contributed by atoms with E-state index in [2.05, 4.69) is 31.2 Å². The Labute approximate surface area is 97.5 Å². The van der Waals surface area contributed by atoms with Gasteiger partial charge >= 0.3 is 0 Å². The maximum atomic E-state index is 9.60. The summed E-state index contributed by atoms with van der Waals surface area (Å²) in [5.74, 6) is 0. The molecule has 0 bridgehead atoms. The Kier molecular flexibility index (Phi) is 3.31. The Morgan fingerprint density at radius 1 is 1.38 bits per heavy atom. The van der Waals surface area contributed by atoms with Gasteiger partial charge < -0.3 is 10.8 Å². The minimum absolute atomic E-state index is 0.102. The molecule has 0 aromatic heterocycles. The second kappa shape index (κ2) is 4.56. The summed E-state index contributed by atoms with van der Waals surface area (Å²) >= 11 is 0. The lowest BCUT2D eigenvalue weighted by molar-refractivity contribution is 0.0974. The molecule has 0 unspecified atom stereocenters. The molecule has 16 heavy (non-hydrogen) atoms. The number of aliphatic hydroxyl groups excluding tert-OH is 1. The van der Waals surface area contributed by atoms with E-state index in [1.807, 2.05) is 0 Å². The van der Waals surface area contributed by atoms with Crippen LogP contribution in [0.3, 0.4) is 0 Å². The quantitative estimate of drug-likeness (QED) is 0.800. The summed E-state index contributed by atoms with van der Waals surface area (Å²) in [6.45, 7) is 2.80. The molecule has 0 radical (unpaired) electrons. The van der Waals surface area contributed by atoms with Gasteiger partial charge in [-0.15, -0.1) is 0 Å². The number of rotatable bonds is 2. The van der Waals surface area contributed by atoms with Crippen LogP contribution in [0, 0.1) is 6.92 Å². The smallest absolute Gasteiger partial charge is 0.0541 e. The maximum Gasteiger partial charge on any atom is 0.0541 e. The molecule has 1 aliphatic carbocycles. The number of benzene rings is 1. The summed E-state index contributed by atoms with van der Waals surface area (Å²) in [6.07, 6.45) is 3.66. The van der Waals surface area contributed by atoms with Gasteiger partial charge in [-0.3, -0.25) is 0 Å². The van der Waals surface area contributed by atoms with Crippen molar-refractivity contribution in [3.05, 3.63) is 35.4 Å². The SMILES string of the molecule is Cc1cccc(C2(CN)CCC(O)CC2)c1. The molecular weight excluding hydrogens is 198 g/mol. The third-order valence-corrected chi connectivity index (χ3v) is 3.93. The summed E-state index contributed by atoms with van der Waals surface area (Å²) in [6, 6.07) is 8.64. The molecule has 1 aromatic carbocycles. The highest BCUT2D eigenvalue weighted by Gasteiger charge is 2.35. The minimum atomic E-state index is -0.121. The molecule has 2 nitrogen and oxygen atoms in total. The first-order chi connectivity index (χ1) is 7.66. The molecule has 1 aliphatic rings. The maximum absolute atomic E-state index is 9.60. The highest BCUT2D eigenvalue weighted by atomic mass is 16.3. The zero-order valence-electron chi connectivity index (χ0n) is 9.95. The van der Waals surface area contributed by atoms with Gasteiger partial charge in [0, 0.05) is 12.0 Å². The molecule has 2 rings (SSSR count). The standard InChI is InChI=1S/C14H21NO/c1-11-3-2-4-12(9-11)14(10-15)7-5-13(16)6-8-14/h2-4,9,13,16H,5-8,10,15H2,1H3. The molecule has 0 saturated heterocycles. The van der Waals surface area contributed by atoms with Crippen molar-refractivity contribution in [1.29, 1.82) is 0 Å². The molecule has 0 aliphatic heterocycles. The third-order valence-electron chi connectivity index (χ3n) is 3.93. The van der Waals surface area contributed by atoms with Crippen LogP contribution in [0.5, 0.6) is 0 Å². The van der Waals surface area contributed by atoms with E-state index >= 15 is 0 Å². The molecule has 0 atom stereocenters. The van der Waals surface area contributed by atoms with E-state index in [1.54, 1.807) is 0 Å². The van der Waals surface area contributed by atoms with Crippen LogP contribution in [0.25, 0.3) is 0 Å². The first-order valence-corrected chi connectivity index (χ1v) is 6.11. The van der Waals surface area contributed by atoms with E-state index in [9.17, 15) is 5.11 Å². The molecule has 0 amide bonds. The van der Waals surface area contributed by atoms with E-state index < -0.39 is 0 Å². The van der Waals surface area contributed by atoms with Crippen LogP contribution in [0.4, 0.5) is 0 Å². The normalized spacial score (nSPS) is 30.3. The third kappa shape index (κ3) is 2.13. The van der Waals surface area contributed by atoms with Gasteiger partial charge in [0.25, 0.3) is 0 Å². The van der Waals surface area contributed by atoms with Crippen molar-refractivity contribution in [3.63, 3.8) is 0 Å². The van der Waals surface area contributed by atoms with E-state index in [1.165, 1.54) is 11.1 Å². The molecule has 3 N–H and O–H groups in total. The van der Waals surface area contributed by atoms with Gasteiger partial charge in [0.05, 0.1) is 6.10 Å². The number of hydrogen-bond acceptors (Lipinski definition) is 2. The van der Waals surface area contributed by atoms with Crippen LogP contribution in [-0.4, -0.2) is 17.8 Å². The second-order valence-electron chi connectivity index (χ2n) is 5.09. The summed E-state index contributed by atoms with van der Waals surface area (Å²) in [4.78, 5) is 0. The highest BCUT2D eigenvalue weighted by Crippen LogP contribution is 2.38. The molecule has 1 fully saturated rings. The summed E-state index contributed by atoms with van der Waals surface area (Å²) in [5, 5.41) is 9.60. The van der Waals surface area contributed by atoms with Crippen molar-refractivity contribution in [2.75, 3.05) is 6.54 Å². The largest absolute Gasteiger partial charge is 0.393 e. The molecule has 2 heteroatoms. The van der Waals surface area contributed by atoms with Gasteiger partial charge in [-0.05, 0) is 38.2 Å². The zero-order valence-corrected chi connectivity index (χ0v) is 9.95. The zero-order chi connectivity index (χ0) is 11.6. The Morgan fingerprint density at radius 2 is 2.06 bits per heavy atom. The first-order valence-electron chi connectivity index (χ1n) is 6.11. The van der Waals surface area contributed by atoms with Gasteiger partial charge in [0.2, 0.25) is 0 Å². The molecule has 1 saturated carbocycles. The van der Waals surface area contributed by atoms with Crippen LogP contribution in [0.1, 0.15) is 36.8 Å². The van der Waals surface area contributed by atoms with Crippen LogP contribution < -0.4 is 5.73 Å². The van der Waals surface area contributed by atoms with Gasteiger partial charge in [-0.25, -0.2) is 0 Å². The summed E-state index contributed by atoms with van der Waals surface area (Å²) in [5.41, 5.74) is 8.72. The van der Waals surface area contributed by atoms with Gasteiger partial charge in [0.15, 0.2) is 0 Å². The molecular formula is C14H21NO. The Balaban J connectivity index is 2.28.